The highest BCUT2D eigenvalue weighted by Crippen LogP contribution is 2.28. The van der Waals surface area contributed by atoms with Crippen LogP contribution in [-0.2, 0) is 9.53 Å². The van der Waals surface area contributed by atoms with E-state index in [4.69, 9.17) is 9.73 Å². The number of hydrogen-bond acceptors (Lipinski definition) is 5. The molecular weight excluding hydrogens is 410 g/mol. The molecule has 0 radical (unpaired) electrons. The second-order valence-corrected chi connectivity index (χ2v) is 9.77. The first kappa shape index (κ1) is 22.6. The molecule has 1 saturated carbocycles. The fourth-order valence-electron chi connectivity index (χ4n) is 4.96. The van der Waals surface area contributed by atoms with Crippen LogP contribution in [0, 0.1) is 5.92 Å². The number of likely N-dealkylation sites (tertiary alicyclic amines) is 1. The van der Waals surface area contributed by atoms with E-state index in [2.05, 4.69) is 44.9 Å². The van der Waals surface area contributed by atoms with Crippen molar-refractivity contribution in [1.82, 2.24) is 20.4 Å². The topological polar surface area (TPSA) is 69.2 Å². The Kier molecular flexibility index (Phi) is 8.21. The van der Waals surface area contributed by atoms with Gasteiger partial charge in [0.05, 0.1) is 25.8 Å². The summed E-state index contributed by atoms with van der Waals surface area (Å²) in [5.41, 5.74) is 0. The van der Waals surface area contributed by atoms with Crippen LogP contribution in [0.4, 0.5) is 0 Å². The van der Waals surface area contributed by atoms with Gasteiger partial charge in [0.25, 0.3) is 0 Å². The summed E-state index contributed by atoms with van der Waals surface area (Å²) in [6.07, 6.45) is 5.54. The molecule has 2 N–H and O–H groups in total. The van der Waals surface area contributed by atoms with Gasteiger partial charge in [0.2, 0.25) is 5.91 Å². The Morgan fingerprint density at radius 1 is 1.26 bits per heavy atom. The SMILES string of the molecule is CCNC(=NCC(c1cccs1)N1CCOCC1)NC1CCN(C(=O)C2CCCC2)C1. The highest BCUT2D eigenvalue weighted by molar-refractivity contribution is 7.10. The van der Waals surface area contributed by atoms with Crippen LogP contribution in [0.2, 0.25) is 0 Å². The van der Waals surface area contributed by atoms with Gasteiger partial charge in [-0.25, -0.2) is 0 Å². The number of carbonyl (C=O) groups is 1. The maximum absolute atomic E-state index is 12.8. The average Bonchev–Trinajstić information content (AvgIpc) is 3.57. The lowest BCUT2D eigenvalue weighted by Gasteiger charge is -2.33. The summed E-state index contributed by atoms with van der Waals surface area (Å²) in [7, 11) is 0. The van der Waals surface area contributed by atoms with Crippen LogP contribution < -0.4 is 10.6 Å². The number of ether oxygens (including phenoxy) is 1. The van der Waals surface area contributed by atoms with Crippen LogP contribution in [-0.4, -0.2) is 80.2 Å². The number of rotatable bonds is 7. The minimum Gasteiger partial charge on any atom is -0.379 e. The van der Waals surface area contributed by atoms with E-state index in [1.54, 1.807) is 11.3 Å². The molecule has 1 aromatic heterocycles. The average molecular weight is 448 g/mol. The van der Waals surface area contributed by atoms with Gasteiger partial charge in [-0.1, -0.05) is 18.9 Å². The van der Waals surface area contributed by atoms with Gasteiger partial charge < -0.3 is 20.3 Å². The summed E-state index contributed by atoms with van der Waals surface area (Å²) in [6.45, 7) is 8.76. The molecule has 0 bridgehead atoms. The van der Waals surface area contributed by atoms with E-state index in [-0.39, 0.29) is 18.0 Å². The highest BCUT2D eigenvalue weighted by atomic mass is 32.1. The number of thiophene rings is 1. The van der Waals surface area contributed by atoms with Crippen molar-refractivity contribution in [3.8, 4) is 0 Å². The predicted molar refractivity (Wildman–Crippen MR) is 126 cm³/mol. The van der Waals surface area contributed by atoms with E-state index in [0.29, 0.717) is 12.5 Å². The van der Waals surface area contributed by atoms with Gasteiger partial charge in [0.15, 0.2) is 5.96 Å². The number of nitrogens with one attached hydrogen (secondary N) is 2. The number of amides is 1. The first-order valence-corrected chi connectivity index (χ1v) is 12.8. The Morgan fingerprint density at radius 2 is 2.06 bits per heavy atom. The van der Waals surface area contributed by atoms with Crippen molar-refractivity contribution in [2.45, 2.75) is 51.1 Å². The summed E-state index contributed by atoms with van der Waals surface area (Å²) in [4.78, 5) is 23.6. The second-order valence-electron chi connectivity index (χ2n) is 8.79. The monoisotopic (exact) mass is 447 g/mol. The third kappa shape index (κ3) is 5.99. The van der Waals surface area contributed by atoms with Gasteiger partial charge in [-0.05, 0) is 37.6 Å². The number of aliphatic imine (C=N–C) groups is 1. The molecule has 1 aromatic rings. The molecule has 4 rings (SSSR count). The molecule has 8 heteroatoms. The van der Waals surface area contributed by atoms with Crippen LogP contribution in [0.5, 0.6) is 0 Å². The summed E-state index contributed by atoms with van der Waals surface area (Å²) in [5.74, 6) is 1.49. The number of guanidine groups is 1. The number of morpholine rings is 1. The van der Waals surface area contributed by atoms with Crippen molar-refractivity contribution in [1.29, 1.82) is 0 Å². The lowest BCUT2D eigenvalue weighted by atomic mass is 10.1. The Bertz CT molecular complexity index is 714. The molecule has 0 spiro atoms. The van der Waals surface area contributed by atoms with Gasteiger partial charge in [0, 0.05) is 49.6 Å². The van der Waals surface area contributed by atoms with E-state index in [1.807, 2.05) is 0 Å². The fourth-order valence-corrected chi connectivity index (χ4v) is 5.81. The summed E-state index contributed by atoms with van der Waals surface area (Å²) < 4.78 is 5.56. The molecule has 31 heavy (non-hydrogen) atoms. The molecule has 1 aliphatic carbocycles. The quantitative estimate of drug-likeness (QED) is 0.496. The molecule has 3 fully saturated rings. The number of carbonyl (C=O) groups excluding carboxylic acids is 1. The Morgan fingerprint density at radius 3 is 2.77 bits per heavy atom. The summed E-state index contributed by atoms with van der Waals surface area (Å²) >= 11 is 1.80. The van der Waals surface area contributed by atoms with E-state index >= 15 is 0 Å². The first-order valence-electron chi connectivity index (χ1n) is 11.9. The van der Waals surface area contributed by atoms with Gasteiger partial charge in [0.1, 0.15) is 0 Å². The molecule has 1 amide bonds. The number of nitrogens with zero attached hydrogens (tertiary/aromatic N) is 3. The van der Waals surface area contributed by atoms with Gasteiger partial charge in [-0.2, -0.15) is 0 Å². The van der Waals surface area contributed by atoms with E-state index in [0.717, 1.165) is 71.2 Å². The second kappa shape index (κ2) is 11.3. The minimum atomic E-state index is 0.265. The predicted octanol–water partition coefficient (Wildman–Crippen LogP) is 2.47. The minimum absolute atomic E-state index is 0.265. The molecule has 0 aromatic carbocycles. The van der Waals surface area contributed by atoms with Crippen molar-refractivity contribution < 1.29 is 9.53 Å². The Labute approximate surface area is 190 Å². The third-order valence-electron chi connectivity index (χ3n) is 6.67. The Hall–Kier alpha value is -1.64. The fraction of sp³-hybridized carbons (Fsp3) is 0.739. The maximum atomic E-state index is 12.8. The van der Waals surface area contributed by atoms with Crippen molar-refractivity contribution in [3.05, 3.63) is 22.4 Å². The first-order chi connectivity index (χ1) is 15.2. The molecule has 2 saturated heterocycles. The standard InChI is InChI=1S/C23H37N5O2S/c1-2-24-23(26-19-9-10-28(17-19)22(29)18-6-3-4-7-18)25-16-20(21-8-5-15-31-21)27-11-13-30-14-12-27/h5,8,15,18-20H,2-4,6-7,9-14,16-17H2,1H3,(H2,24,25,26). The van der Waals surface area contributed by atoms with Crippen LogP contribution in [0.25, 0.3) is 0 Å². The Balaban J connectivity index is 1.36. The highest BCUT2D eigenvalue weighted by Gasteiger charge is 2.32. The molecule has 2 atom stereocenters. The van der Waals surface area contributed by atoms with Crippen LogP contribution in [0.3, 0.4) is 0 Å². The smallest absolute Gasteiger partial charge is 0.225 e. The normalized spacial score (nSPS) is 24.5. The molecule has 3 aliphatic rings. The molecule has 7 nitrogen and oxygen atoms in total. The third-order valence-corrected chi connectivity index (χ3v) is 7.64. The van der Waals surface area contributed by atoms with Crippen molar-refractivity contribution in [2.75, 3.05) is 52.5 Å². The molecule has 3 heterocycles. The summed E-state index contributed by atoms with van der Waals surface area (Å²) in [5, 5.41) is 9.15. The van der Waals surface area contributed by atoms with E-state index in [9.17, 15) is 4.79 Å². The summed E-state index contributed by atoms with van der Waals surface area (Å²) in [6, 6.07) is 4.88. The van der Waals surface area contributed by atoms with E-state index in [1.165, 1.54) is 17.7 Å². The van der Waals surface area contributed by atoms with Gasteiger partial charge in [-0.15, -0.1) is 11.3 Å². The molecule has 2 aliphatic heterocycles. The maximum Gasteiger partial charge on any atom is 0.225 e. The van der Waals surface area contributed by atoms with Gasteiger partial charge >= 0.3 is 0 Å². The van der Waals surface area contributed by atoms with Crippen LogP contribution >= 0.6 is 11.3 Å². The van der Waals surface area contributed by atoms with E-state index < -0.39 is 0 Å². The van der Waals surface area contributed by atoms with Crippen LogP contribution in [0.15, 0.2) is 22.5 Å². The number of hydrogen-bond donors (Lipinski definition) is 2. The van der Waals surface area contributed by atoms with Crippen LogP contribution in [0.1, 0.15) is 49.9 Å². The van der Waals surface area contributed by atoms with Crippen molar-refractivity contribution >= 4 is 23.2 Å². The van der Waals surface area contributed by atoms with Crippen molar-refractivity contribution in [3.63, 3.8) is 0 Å². The molecular formula is C23H37N5O2S. The largest absolute Gasteiger partial charge is 0.379 e. The van der Waals surface area contributed by atoms with Crippen molar-refractivity contribution in [2.24, 2.45) is 10.9 Å². The zero-order chi connectivity index (χ0) is 21.5. The zero-order valence-electron chi connectivity index (χ0n) is 18.7. The molecule has 172 valence electrons. The lowest BCUT2D eigenvalue weighted by molar-refractivity contribution is -0.134. The lowest BCUT2D eigenvalue weighted by Crippen LogP contribution is -2.46. The van der Waals surface area contributed by atoms with Gasteiger partial charge in [-0.3, -0.25) is 14.7 Å². The molecule has 2 unspecified atom stereocenters. The zero-order valence-corrected chi connectivity index (χ0v) is 19.5.